The predicted molar refractivity (Wildman–Crippen MR) is 103 cm³/mol. The molecule has 0 N–H and O–H groups in total. The van der Waals surface area contributed by atoms with Crippen molar-refractivity contribution in [3.63, 3.8) is 0 Å². The second kappa shape index (κ2) is 5.52. The average Bonchev–Trinajstić information content (AvgIpc) is 2.63. The van der Waals surface area contributed by atoms with Crippen LogP contribution in [0.1, 0.15) is 16.5 Å². The molecule has 0 saturated carbocycles. The standard InChI is InChI=1S/C21H22BN2/c1-15-13-21(23(4)20-12-8-7-10-18(15)20)24-14-17-9-5-6-11-19(17)16(2)22(24)3/h5-14H,1-4H3/q+1/i2D3. The van der Waals surface area contributed by atoms with Gasteiger partial charge in [-0.05, 0) is 42.9 Å². The van der Waals surface area contributed by atoms with Crippen molar-refractivity contribution in [2.75, 3.05) is 4.81 Å². The van der Waals surface area contributed by atoms with Crippen LogP contribution in [-0.4, -0.2) is 6.85 Å². The van der Waals surface area contributed by atoms with Crippen LogP contribution in [0.4, 0.5) is 5.82 Å². The second-order valence-electron chi connectivity index (χ2n) is 6.47. The third-order valence-corrected chi connectivity index (χ3v) is 5.01. The zero-order valence-corrected chi connectivity index (χ0v) is 14.2. The van der Waals surface area contributed by atoms with E-state index in [0.29, 0.717) is 5.47 Å². The van der Waals surface area contributed by atoms with Gasteiger partial charge in [0, 0.05) is 20.8 Å². The summed E-state index contributed by atoms with van der Waals surface area (Å²) in [7, 11) is 2.03. The van der Waals surface area contributed by atoms with E-state index in [1.165, 1.54) is 10.9 Å². The van der Waals surface area contributed by atoms with E-state index in [4.69, 9.17) is 4.11 Å². The first-order valence-electron chi connectivity index (χ1n) is 9.77. The first-order valence-corrected chi connectivity index (χ1v) is 8.27. The van der Waals surface area contributed by atoms with Gasteiger partial charge in [0.05, 0.1) is 13.2 Å². The summed E-state index contributed by atoms with van der Waals surface area (Å²) in [5.74, 6) is 0.981. The molecule has 0 aliphatic carbocycles. The number of fused-ring (bicyclic) bond motifs is 2. The molecule has 0 bridgehead atoms. The molecule has 0 radical (unpaired) electrons. The molecular formula is C21H22BN2+. The Hall–Kier alpha value is -2.55. The van der Waals surface area contributed by atoms with Crippen LogP contribution in [0.3, 0.4) is 0 Å². The topological polar surface area (TPSA) is 7.12 Å². The number of anilines is 1. The van der Waals surface area contributed by atoms with Crippen LogP contribution in [0.25, 0.3) is 22.6 Å². The molecule has 118 valence electrons. The number of nitrogens with zero attached hydrogens (tertiary/aromatic N) is 2. The molecule has 24 heavy (non-hydrogen) atoms. The molecule has 0 unspecified atom stereocenters. The average molecular weight is 316 g/mol. The normalized spacial score (nSPS) is 16.3. The zero-order valence-electron chi connectivity index (χ0n) is 17.2. The summed E-state index contributed by atoms with van der Waals surface area (Å²) in [6.07, 6.45) is 2.07. The van der Waals surface area contributed by atoms with Gasteiger partial charge < -0.3 is 0 Å². The molecular weight excluding hydrogens is 291 g/mol. The Bertz CT molecular complexity index is 1170. The summed E-state index contributed by atoms with van der Waals surface area (Å²) in [5.41, 5.74) is 2.79. The molecule has 0 amide bonds. The van der Waals surface area contributed by atoms with Gasteiger partial charge in [0.1, 0.15) is 5.52 Å². The lowest BCUT2D eigenvalue weighted by molar-refractivity contribution is -0.631. The van der Waals surface area contributed by atoms with E-state index in [9.17, 15) is 0 Å². The molecule has 3 heteroatoms. The van der Waals surface area contributed by atoms with E-state index in [0.717, 1.165) is 21.8 Å². The SMILES string of the molecule is [2H]C([2H])([2H])C1=c2ccccc2=CN(c2cc(C)c3ccccc3[n+]2C)B1C. The number of aromatic nitrogens is 1. The van der Waals surface area contributed by atoms with Crippen molar-refractivity contribution in [2.24, 2.45) is 7.05 Å². The van der Waals surface area contributed by atoms with Gasteiger partial charge >= 0.3 is 6.85 Å². The third kappa shape index (κ3) is 2.15. The molecule has 2 nitrogen and oxygen atoms in total. The van der Waals surface area contributed by atoms with E-state index in [1.54, 1.807) is 0 Å². The quantitative estimate of drug-likeness (QED) is 0.494. The maximum absolute atomic E-state index is 8.12. The fourth-order valence-corrected chi connectivity index (χ4v) is 3.58. The van der Waals surface area contributed by atoms with Gasteiger partial charge in [0.25, 0.3) is 5.82 Å². The highest BCUT2D eigenvalue weighted by Gasteiger charge is 2.32. The molecule has 4 rings (SSSR count). The molecule has 1 aliphatic heterocycles. The monoisotopic (exact) mass is 316 g/mol. The summed E-state index contributed by atoms with van der Waals surface area (Å²) in [5, 5.41) is 2.96. The Labute approximate surface area is 147 Å². The maximum atomic E-state index is 8.12. The molecule has 0 atom stereocenters. The van der Waals surface area contributed by atoms with Crippen molar-refractivity contribution < 1.29 is 8.68 Å². The zero-order chi connectivity index (χ0) is 19.3. The van der Waals surface area contributed by atoms with Crippen molar-refractivity contribution >= 4 is 35.2 Å². The Morgan fingerprint density at radius 2 is 1.83 bits per heavy atom. The van der Waals surface area contributed by atoms with Crippen molar-refractivity contribution in [1.29, 1.82) is 0 Å². The summed E-state index contributed by atoms with van der Waals surface area (Å²) >= 11 is 0. The van der Waals surface area contributed by atoms with Crippen LogP contribution in [0, 0.1) is 6.92 Å². The Kier molecular flexibility index (Phi) is 2.74. The molecule has 1 aromatic heterocycles. The van der Waals surface area contributed by atoms with Crippen molar-refractivity contribution in [1.82, 2.24) is 0 Å². The molecule has 0 fully saturated rings. The minimum Gasteiger partial charge on any atom is -0.293 e. The van der Waals surface area contributed by atoms with E-state index < -0.39 is 6.85 Å². The van der Waals surface area contributed by atoms with Gasteiger partial charge in [-0.25, -0.2) is 4.57 Å². The van der Waals surface area contributed by atoms with Crippen molar-refractivity contribution in [2.45, 2.75) is 20.6 Å². The Morgan fingerprint density at radius 3 is 2.67 bits per heavy atom. The molecule has 3 aromatic rings. The number of hydrogen-bond acceptors (Lipinski definition) is 1. The van der Waals surface area contributed by atoms with Crippen LogP contribution in [-0.2, 0) is 7.05 Å². The molecule has 0 spiro atoms. The lowest BCUT2D eigenvalue weighted by atomic mass is 9.55. The summed E-state index contributed by atoms with van der Waals surface area (Å²) < 4.78 is 26.5. The van der Waals surface area contributed by atoms with Crippen LogP contribution < -0.4 is 19.8 Å². The van der Waals surface area contributed by atoms with Crippen molar-refractivity contribution in [3.8, 4) is 0 Å². The number of aryl methyl sites for hydroxylation is 2. The van der Waals surface area contributed by atoms with Crippen molar-refractivity contribution in [3.05, 3.63) is 70.6 Å². The predicted octanol–water partition coefficient (Wildman–Crippen LogP) is 2.56. The van der Waals surface area contributed by atoms with Crippen LogP contribution in [0.5, 0.6) is 0 Å². The van der Waals surface area contributed by atoms with Crippen LogP contribution in [0.15, 0.2) is 54.6 Å². The van der Waals surface area contributed by atoms with Gasteiger partial charge in [0.15, 0.2) is 0 Å². The lowest BCUT2D eigenvalue weighted by Crippen LogP contribution is -2.50. The summed E-state index contributed by atoms with van der Waals surface area (Å²) in [6.45, 7) is 1.66. The highest BCUT2D eigenvalue weighted by Crippen LogP contribution is 2.23. The minimum atomic E-state index is -2.15. The Balaban J connectivity index is 2.01. The molecule has 2 heterocycles. The first-order chi connectivity index (χ1) is 12.8. The van der Waals surface area contributed by atoms with E-state index in [2.05, 4.69) is 40.7 Å². The maximum Gasteiger partial charge on any atom is 0.405 e. The first kappa shape index (κ1) is 11.9. The van der Waals surface area contributed by atoms with Gasteiger partial charge in [-0.3, -0.25) is 4.81 Å². The smallest absolute Gasteiger partial charge is 0.293 e. The second-order valence-corrected chi connectivity index (χ2v) is 6.47. The van der Waals surface area contributed by atoms with Gasteiger partial charge in [-0.2, -0.15) is 0 Å². The highest BCUT2D eigenvalue weighted by molar-refractivity contribution is 6.80. The molecule has 1 aliphatic rings. The minimum absolute atomic E-state index is 0.265. The fraction of sp³-hybridized carbons (Fsp3) is 0.190. The van der Waals surface area contributed by atoms with E-state index >= 15 is 0 Å². The molecule has 0 saturated heterocycles. The lowest BCUT2D eigenvalue weighted by Gasteiger charge is -2.24. The van der Waals surface area contributed by atoms with E-state index in [1.807, 2.05) is 50.3 Å². The van der Waals surface area contributed by atoms with Gasteiger partial charge in [0.2, 0.25) is 0 Å². The van der Waals surface area contributed by atoms with Gasteiger partial charge in [-0.15, -0.1) is 0 Å². The third-order valence-electron chi connectivity index (χ3n) is 5.01. The molecule has 2 aromatic carbocycles. The number of hydrogen-bond donors (Lipinski definition) is 0. The number of benzene rings is 2. The number of pyridine rings is 1. The van der Waals surface area contributed by atoms with E-state index in [-0.39, 0.29) is 6.85 Å². The highest BCUT2D eigenvalue weighted by atomic mass is 15.2. The Morgan fingerprint density at radius 1 is 1.08 bits per heavy atom. The van der Waals surface area contributed by atoms with Crippen LogP contribution >= 0.6 is 0 Å². The number of para-hydroxylation sites is 1. The largest absolute Gasteiger partial charge is 0.405 e. The fourth-order valence-electron chi connectivity index (χ4n) is 3.58. The van der Waals surface area contributed by atoms with Gasteiger partial charge in [-0.1, -0.05) is 42.5 Å². The van der Waals surface area contributed by atoms with Crippen LogP contribution in [0.2, 0.25) is 6.82 Å². The summed E-state index contributed by atoms with van der Waals surface area (Å²) in [4.78, 5) is 2.09. The summed E-state index contributed by atoms with van der Waals surface area (Å²) in [6, 6.07) is 18.2. The number of rotatable bonds is 1.